The second-order valence-electron chi connectivity index (χ2n) is 6.87. The number of hydrogen-bond acceptors (Lipinski definition) is 3. The van der Waals surface area contributed by atoms with E-state index in [2.05, 4.69) is 11.9 Å². The normalized spacial score (nSPS) is 12.9. The van der Waals surface area contributed by atoms with Crippen molar-refractivity contribution >= 4 is 11.5 Å². The van der Waals surface area contributed by atoms with E-state index in [1.807, 2.05) is 6.07 Å². The third-order valence-corrected chi connectivity index (χ3v) is 4.54. The molecule has 2 rings (SSSR count). The van der Waals surface area contributed by atoms with Crippen molar-refractivity contribution in [3.05, 3.63) is 89.2 Å². The highest BCUT2D eigenvalue weighted by Gasteiger charge is 2.29. The first-order chi connectivity index (χ1) is 14.1. The average molecular weight is 419 g/mol. The van der Waals surface area contributed by atoms with Gasteiger partial charge in [0.05, 0.1) is 25.0 Å². The fraction of sp³-hybridized carbons (Fsp3) is 0.261. The molecule has 0 bridgehead atoms. The molecule has 0 aliphatic heterocycles. The van der Waals surface area contributed by atoms with Crippen molar-refractivity contribution in [2.75, 3.05) is 7.11 Å². The van der Waals surface area contributed by atoms with E-state index in [9.17, 15) is 23.1 Å². The van der Waals surface area contributed by atoms with Gasteiger partial charge in [-0.3, -0.25) is 4.79 Å². The lowest BCUT2D eigenvalue weighted by molar-refractivity contribution is -0.137. The minimum Gasteiger partial charge on any atom is -0.504 e. The Morgan fingerprint density at radius 2 is 1.87 bits per heavy atom. The number of hydrogen-bond donors (Lipinski definition) is 2. The summed E-state index contributed by atoms with van der Waals surface area (Å²) in [5, 5.41) is 12.9. The molecule has 0 fully saturated rings. The lowest BCUT2D eigenvalue weighted by Crippen LogP contribution is -2.23. The number of alkyl halides is 3. The van der Waals surface area contributed by atoms with Crippen LogP contribution in [0.15, 0.2) is 66.9 Å². The molecule has 0 saturated heterocycles. The Morgan fingerprint density at radius 3 is 2.47 bits per heavy atom. The Balaban J connectivity index is 1.99. The Morgan fingerprint density at radius 1 is 1.20 bits per heavy atom. The van der Waals surface area contributed by atoms with Crippen molar-refractivity contribution in [2.45, 2.75) is 32.2 Å². The van der Waals surface area contributed by atoms with Crippen LogP contribution >= 0.6 is 0 Å². The van der Waals surface area contributed by atoms with Crippen LogP contribution in [0.3, 0.4) is 0 Å². The van der Waals surface area contributed by atoms with Crippen LogP contribution in [0.1, 0.15) is 29.2 Å². The van der Waals surface area contributed by atoms with Gasteiger partial charge in [-0.15, -0.1) is 0 Å². The summed E-state index contributed by atoms with van der Waals surface area (Å²) in [6, 6.07) is 11.7. The number of aliphatic hydroxyl groups excluding tert-OH is 1. The number of amides is 1. The number of benzene rings is 2. The lowest BCUT2D eigenvalue weighted by Gasteiger charge is -2.13. The third kappa shape index (κ3) is 6.49. The van der Waals surface area contributed by atoms with E-state index in [1.165, 1.54) is 25.5 Å². The van der Waals surface area contributed by atoms with E-state index in [-0.39, 0.29) is 12.1 Å². The van der Waals surface area contributed by atoms with Gasteiger partial charge in [0.15, 0.2) is 0 Å². The highest BCUT2D eigenvalue weighted by Crippen LogP contribution is 2.29. The second-order valence-corrected chi connectivity index (χ2v) is 6.87. The molecule has 2 aromatic rings. The zero-order chi connectivity index (χ0) is 22.3. The summed E-state index contributed by atoms with van der Waals surface area (Å²) in [5.74, 6) is -0.428. The zero-order valence-corrected chi connectivity index (χ0v) is 16.8. The SMILES string of the molecule is C=C(C(=O)NCc1ccc(C(F)(F)F)cc1)c1cccc(CC(O)/C(C)=C/OC)c1. The van der Waals surface area contributed by atoms with E-state index in [1.54, 1.807) is 25.1 Å². The minimum absolute atomic E-state index is 0.0788. The molecule has 0 heterocycles. The smallest absolute Gasteiger partial charge is 0.416 e. The first-order valence-corrected chi connectivity index (χ1v) is 9.22. The Hall–Kier alpha value is -3.06. The van der Waals surface area contributed by atoms with Gasteiger partial charge in [0.25, 0.3) is 5.91 Å². The Kier molecular flexibility index (Phi) is 7.83. The Labute approximate surface area is 173 Å². The summed E-state index contributed by atoms with van der Waals surface area (Å²) in [6.07, 6.45) is -3.30. The fourth-order valence-corrected chi connectivity index (χ4v) is 2.77. The molecule has 0 saturated carbocycles. The number of ether oxygens (including phenoxy) is 1. The van der Waals surface area contributed by atoms with Gasteiger partial charge in [0, 0.05) is 18.5 Å². The molecular formula is C23H24F3NO3. The average Bonchev–Trinajstić information content (AvgIpc) is 2.71. The van der Waals surface area contributed by atoms with Gasteiger partial charge >= 0.3 is 6.18 Å². The minimum atomic E-state index is -4.40. The largest absolute Gasteiger partial charge is 0.504 e. The van der Waals surface area contributed by atoms with Gasteiger partial charge < -0.3 is 15.2 Å². The van der Waals surface area contributed by atoms with E-state index < -0.39 is 23.8 Å². The molecule has 0 aliphatic rings. The number of rotatable bonds is 8. The fourth-order valence-electron chi connectivity index (χ4n) is 2.77. The molecule has 0 spiro atoms. The molecule has 0 aliphatic carbocycles. The van der Waals surface area contributed by atoms with E-state index >= 15 is 0 Å². The number of halogens is 3. The molecule has 1 unspecified atom stereocenters. The van der Waals surface area contributed by atoms with Crippen LogP contribution in [0.5, 0.6) is 0 Å². The molecule has 2 N–H and O–H groups in total. The maximum Gasteiger partial charge on any atom is 0.416 e. The number of carbonyl (C=O) groups is 1. The van der Waals surface area contributed by atoms with Crippen LogP contribution in [0.4, 0.5) is 13.2 Å². The van der Waals surface area contributed by atoms with Crippen molar-refractivity contribution in [3.63, 3.8) is 0 Å². The quantitative estimate of drug-likeness (QED) is 0.490. The van der Waals surface area contributed by atoms with E-state index in [4.69, 9.17) is 4.74 Å². The number of aliphatic hydroxyl groups is 1. The van der Waals surface area contributed by atoms with Gasteiger partial charge in [-0.25, -0.2) is 0 Å². The van der Waals surface area contributed by atoms with Gasteiger partial charge in [0.1, 0.15) is 0 Å². The van der Waals surface area contributed by atoms with Gasteiger partial charge in [-0.1, -0.05) is 43.0 Å². The zero-order valence-electron chi connectivity index (χ0n) is 16.8. The number of carbonyl (C=O) groups excluding carboxylic acids is 1. The monoisotopic (exact) mass is 419 g/mol. The van der Waals surface area contributed by atoms with Crippen molar-refractivity contribution in [1.29, 1.82) is 0 Å². The van der Waals surface area contributed by atoms with Crippen LogP contribution in [0, 0.1) is 0 Å². The van der Waals surface area contributed by atoms with Gasteiger partial charge in [0.2, 0.25) is 0 Å². The van der Waals surface area contributed by atoms with Crippen LogP contribution < -0.4 is 5.32 Å². The lowest BCUT2D eigenvalue weighted by atomic mass is 9.98. The summed E-state index contributed by atoms with van der Waals surface area (Å²) in [5.41, 5.74) is 2.12. The summed E-state index contributed by atoms with van der Waals surface area (Å²) >= 11 is 0. The molecule has 1 atom stereocenters. The molecule has 0 radical (unpaired) electrons. The molecule has 7 heteroatoms. The van der Waals surface area contributed by atoms with Gasteiger partial charge in [-0.2, -0.15) is 13.2 Å². The van der Waals surface area contributed by atoms with Crippen molar-refractivity contribution < 1.29 is 27.8 Å². The number of nitrogens with one attached hydrogen (secondary N) is 1. The highest BCUT2D eigenvalue weighted by molar-refractivity contribution is 6.18. The second kappa shape index (κ2) is 10.1. The summed E-state index contributed by atoms with van der Waals surface area (Å²) in [6.45, 7) is 5.65. The number of methoxy groups -OCH3 is 1. The third-order valence-electron chi connectivity index (χ3n) is 4.54. The van der Waals surface area contributed by atoms with Crippen LogP contribution in [0.2, 0.25) is 0 Å². The first-order valence-electron chi connectivity index (χ1n) is 9.22. The molecule has 4 nitrogen and oxygen atoms in total. The predicted octanol–water partition coefficient (Wildman–Crippen LogP) is 4.49. The molecule has 160 valence electrons. The van der Waals surface area contributed by atoms with E-state index in [0.29, 0.717) is 23.1 Å². The maximum absolute atomic E-state index is 12.6. The van der Waals surface area contributed by atoms with Crippen molar-refractivity contribution in [1.82, 2.24) is 5.32 Å². The molecule has 2 aromatic carbocycles. The molecule has 30 heavy (non-hydrogen) atoms. The topological polar surface area (TPSA) is 58.6 Å². The highest BCUT2D eigenvalue weighted by atomic mass is 19.4. The van der Waals surface area contributed by atoms with Gasteiger partial charge in [-0.05, 0) is 41.3 Å². The van der Waals surface area contributed by atoms with Crippen molar-refractivity contribution in [2.24, 2.45) is 0 Å². The van der Waals surface area contributed by atoms with E-state index in [0.717, 1.165) is 17.7 Å². The molecule has 1 amide bonds. The first kappa shape index (κ1) is 23.2. The Bertz CT molecular complexity index is 918. The summed E-state index contributed by atoms with van der Waals surface area (Å²) < 4.78 is 42.7. The van der Waals surface area contributed by atoms with Crippen LogP contribution in [-0.2, 0) is 28.7 Å². The summed E-state index contributed by atoms with van der Waals surface area (Å²) in [7, 11) is 1.50. The molecular weight excluding hydrogens is 395 g/mol. The standard InChI is InChI=1S/C23H24F3NO3/c1-15(14-30-3)21(28)12-18-5-4-6-19(11-18)16(2)22(29)27-13-17-7-9-20(10-8-17)23(24,25)26/h4-11,14,21,28H,2,12-13H2,1,3H3,(H,27,29)/b15-14+. The predicted molar refractivity (Wildman–Crippen MR) is 109 cm³/mol. The van der Waals surface area contributed by atoms with Crippen molar-refractivity contribution in [3.8, 4) is 0 Å². The van der Waals surface area contributed by atoms with Crippen LogP contribution in [0.25, 0.3) is 5.57 Å². The van der Waals surface area contributed by atoms with Crippen LogP contribution in [-0.4, -0.2) is 24.2 Å². The maximum atomic E-state index is 12.6. The summed E-state index contributed by atoms with van der Waals surface area (Å²) in [4.78, 5) is 12.4. The molecule has 0 aromatic heterocycles.